The Morgan fingerprint density at radius 3 is 2.60 bits per heavy atom. The van der Waals surface area contributed by atoms with Gasteiger partial charge in [0.05, 0.1) is 31.0 Å². The molecule has 2 aromatic carbocycles. The van der Waals surface area contributed by atoms with E-state index in [1.165, 1.54) is 19.2 Å². The molecule has 0 bridgehead atoms. The van der Waals surface area contributed by atoms with Gasteiger partial charge < -0.3 is 24.6 Å². The number of carboxylic acid groups (broad SMARTS) is 1. The summed E-state index contributed by atoms with van der Waals surface area (Å²) in [5.74, 6) is 0.184. The second-order valence-corrected chi connectivity index (χ2v) is 8.87. The van der Waals surface area contributed by atoms with E-state index >= 15 is 0 Å². The van der Waals surface area contributed by atoms with E-state index in [0.29, 0.717) is 24.5 Å². The van der Waals surface area contributed by atoms with Gasteiger partial charge in [-0.25, -0.2) is 4.79 Å². The fourth-order valence-corrected chi connectivity index (χ4v) is 4.78. The highest BCUT2D eigenvalue weighted by Gasteiger charge is 2.30. The van der Waals surface area contributed by atoms with Crippen LogP contribution in [0.2, 0.25) is 0 Å². The van der Waals surface area contributed by atoms with Crippen molar-refractivity contribution in [3.63, 3.8) is 0 Å². The number of thiophene rings is 1. The van der Waals surface area contributed by atoms with Crippen molar-refractivity contribution in [3.05, 3.63) is 82.1 Å². The lowest BCUT2D eigenvalue weighted by atomic mass is 9.99. The van der Waals surface area contributed by atoms with Crippen molar-refractivity contribution in [1.82, 2.24) is 4.90 Å². The number of ether oxygens (including phenoxy) is 2. The highest BCUT2D eigenvalue weighted by molar-refractivity contribution is 7.11. The van der Waals surface area contributed by atoms with Crippen molar-refractivity contribution in [2.45, 2.75) is 19.1 Å². The zero-order valence-corrected chi connectivity index (χ0v) is 20.0. The van der Waals surface area contributed by atoms with E-state index in [1.54, 1.807) is 16.2 Å². The van der Waals surface area contributed by atoms with Gasteiger partial charge in [-0.1, -0.05) is 42.5 Å². The predicted octanol–water partition coefficient (Wildman–Crippen LogP) is 4.72. The molecule has 0 fully saturated rings. The van der Waals surface area contributed by atoms with Crippen molar-refractivity contribution < 1.29 is 29.3 Å². The Hall–Kier alpha value is -3.82. The Labute approximate surface area is 207 Å². The fraction of sp³-hybridized carbons (Fsp3) is 0.231. The van der Waals surface area contributed by atoms with Crippen LogP contribution in [0.5, 0.6) is 11.5 Å². The first-order chi connectivity index (χ1) is 17.0. The fourth-order valence-electron chi connectivity index (χ4n) is 4.00. The molecule has 1 aliphatic heterocycles. The molecule has 0 saturated carbocycles. The molecule has 0 unspecified atom stereocenters. The highest BCUT2D eigenvalue weighted by Crippen LogP contribution is 2.36. The second-order valence-electron chi connectivity index (χ2n) is 7.92. The van der Waals surface area contributed by atoms with E-state index in [2.05, 4.69) is 5.32 Å². The van der Waals surface area contributed by atoms with Crippen LogP contribution in [-0.4, -0.2) is 53.4 Å². The van der Waals surface area contributed by atoms with Gasteiger partial charge in [-0.2, -0.15) is 0 Å². The van der Waals surface area contributed by atoms with E-state index in [4.69, 9.17) is 9.47 Å². The van der Waals surface area contributed by atoms with Crippen LogP contribution >= 0.6 is 11.3 Å². The topological polar surface area (TPSA) is 108 Å². The third-order valence-electron chi connectivity index (χ3n) is 5.71. The molecule has 4 rings (SSSR count). The lowest BCUT2D eigenvalue weighted by Crippen LogP contribution is -2.44. The van der Waals surface area contributed by atoms with Gasteiger partial charge >= 0.3 is 6.09 Å². The summed E-state index contributed by atoms with van der Waals surface area (Å²) in [5.41, 5.74) is 2.20. The minimum Gasteiger partial charge on any atom is -0.493 e. The number of hydrogen-bond donors (Lipinski definition) is 3. The Morgan fingerprint density at radius 2 is 1.94 bits per heavy atom. The molecule has 2 amide bonds. The number of nitrogens with one attached hydrogen (secondary N) is 1. The first-order valence-corrected chi connectivity index (χ1v) is 11.9. The van der Waals surface area contributed by atoms with E-state index in [9.17, 15) is 19.8 Å². The molecule has 182 valence electrons. The summed E-state index contributed by atoms with van der Waals surface area (Å²) < 4.78 is 11.3. The molecular formula is C26H26N2O6S. The number of rotatable bonds is 8. The van der Waals surface area contributed by atoms with Gasteiger partial charge in [0, 0.05) is 17.5 Å². The maximum atomic E-state index is 13.6. The lowest BCUT2D eigenvalue weighted by Gasteiger charge is -2.34. The minimum atomic E-state index is -1.31. The second kappa shape index (κ2) is 11.1. The van der Waals surface area contributed by atoms with Gasteiger partial charge in [-0.3, -0.25) is 10.1 Å². The van der Waals surface area contributed by atoms with Crippen LogP contribution in [0.3, 0.4) is 0 Å². The SMILES string of the molecule is COc1cc(C(=O)N2CCC(c3cccs3)=C[C@H]2CO)c(NC(=O)O)cc1OCc1ccccc1. The quantitative estimate of drug-likeness (QED) is 0.418. The Morgan fingerprint density at radius 1 is 1.14 bits per heavy atom. The number of aliphatic hydroxyl groups excluding tert-OH is 1. The number of hydrogen-bond acceptors (Lipinski definition) is 6. The summed E-state index contributed by atoms with van der Waals surface area (Å²) in [7, 11) is 1.46. The standard InChI is InChI=1S/C26H26N2O6S/c1-33-22-13-20(21(27-26(31)32)14-23(22)34-16-17-6-3-2-4-7-17)25(30)28-10-9-18(12-19(28)15-29)24-8-5-11-35-24/h2-8,11-14,19,27,29H,9-10,15-16H2,1H3,(H,31,32)/t19-/m0/s1. The molecule has 0 radical (unpaired) electrons. The van der Waals surface area contributed by atoms with Gasteiger partial charge in [-0.15, -0.1) is 11.3 Å². The lowest BCUT2D eigenvalue weighted by molar-refractivity contribution is 0.0648. The van der Waals surface area contributed by atoms with Crippen molar-refractivity contribution in [2.75, 3.05) is 25.6 Å². The first-order valence-electron chi connectivity index (χ1n) is 11.0. The van der Waals surface area contributed by atoms with E-state index < -0.39 is 18.0 Å². The molecule has 8 nitrogen and oxygen atoms in total. The summed E-state index contributed by atoms with van der Waals surface area (Å²) in [6, 6.07) is 15.9. The molecule has 1 atom stereocenters. The van der Waals surface area contributed by atoms with Crippen LogP contribution in [0, 0.1) is 0 Å². The first kappa shape index (κ1) is 24.3. The number of carbonyl (C=O) groups is 2. The number of carbonyl (C=O) groups excluding carboxylic acids is 1. The van der Waals surface area contributed by atoms with Crippen molar-refractivity contribution in [1.29, 1.82) is 0 Å². The van der Waals surface area contributed by atoms with Gasteiger partial charge in [0.2, 0.25) is 0 Å². The summed E-state index contributed by atoms with van der Waals surface area (Å²) in [4.78, 5) is 27.7. The van der Waals surface area contributed by atoms with E-state index in [1.807, 2.05) is 53.9 Å². The van der Waals surface area contributed by atoms with Crippen LogP contribution in [-0.2, 0) is 6.61 Å². The summed E-state index contributed by atoms with van der Waals surface area (Å²) >= 11 is 1.61. The van der Waals surface area contributed by atoms with Crippen LogP contribution in [0.15, 0.2) is 66.1 Å². The van der Waals surface area contributed by atoms with Crippen LogP contribution in [0.25, 0.3) is 5.57 Å². The molecule has 35 heavy (non-hydrogen) atoms. The van der Waals surface area contributed by atoms with Crippen LogP contribution in [0.1, 0.15) is 27.2 Å². The summed E-state index contributed by atoms with van der Waals surface area (Å²) in [5, 5.41) is 23.7. The number of methoxy groups -OCH3 is 1. The zero-order valence-electron chi connectivity index (χ0n) is 19.1. The monoisotopic (exact) mass is 494 g/mol. The maximum absolute atomic E-state index is 13.6. The summed E-state index contributed by atoms with van der Waals surface area (Å²) in [6.07, 6.45) is 1.21. The molecule has 1 aliphatic rings. The predicted molar refractivity (Wildman–Crippen MR) is 134 cm³/mol. The van der Waals surface area contributed by atoms with Gasteiger partial charge in [-0.05, 0) is 35.1 Å². The molecule has 3 aromatic rings. The third-order valence-corrected chi connectivity index (χ3v) is 6.66. The van der Waals surface area contributed by atoms with Crippen molar-refractivity contribution in [3.8, 4) is 11.5 Å². The number of benzene rings is 2. The van der Waals surface area contributed by atoms with Gasteiger partial charge in [0.1, 0.15) is 6.61 Å². The smallest absolute Gasteiger partial charge is 0.409 e. The maximum Gasteiger partial charge on any atom is 0.409 e. The number of amides is 2. The molecule has 1 aromatic heterocycles. The average Bonchev–Trinajstić information content (AvgIpc) is 3.42. The van der Waals surface area contributed by atoms with E-state index in [0.717, 1.165) is 16.0 Å². The molecular weight excluding hydrogens is 468 g/mol. The minimum absolute atomic E-state index is 0.0797. The molecule has 0 aliphatic carbocycles. The molecule has 3 N–H and O–H groups in total. The highest BCUT2D eigenvalue weighted by atomic mass is 32.1. The number of aliphatic hydroxyl groups is 1. The molecule has 2 heterocycles. The van der Waals surface area contributed by atoms with Crippen molar-refractivity contribution in [2.24, 2.45) is 0 Å². The van der Waals surface area contributed by atoms with Gasteiger partial charge in [0.25, 0.3) is 5.91 Å². The normalized spacial score (nSPS) is 15.3. The largest absolute Gasteiger partial charge is 0.493 e. The Balaban J connectivity index is 1.64. The summed E-state index contributed by atoms with van der Waals surface area (Å²) in [6.45, 7) is 0.374. The van der Waals surface area contributed by atoms with Crippen molar-refractivity contribution >= 4 is 34.6 Å². The molecule has 9 heteroatoms. The van der Waals surface area contributed by atoms with Crippen LogP contribution < -0.4 is 14.8 Å². The molecule has 0 saturated heterocycles. The van der Waals surface area contributed by atoms with Crippen LogP contribution in [0.4, 0.5) is 10.5 Å². The third kappa shape index (κ3) is 5.64. The molecule has 0 spiro atoms. The zero-order chi connectivity index (χ0) is 24.8. The Bertz CT molecular complexity index is 1210. The number of anilines is 1. The average molecular weight is 495 g/mol. The Kier molecular flexibility index (Phi) is 7.69. The van der Waals surface area contributed by atoms with Gasteiger partial charge in [0.15, 0.2) is 11.5 Å². The number of nitrogens with zero attached hydrogens (tertiary/aromatic N) is 1. The van der Waals surface area contributed by atoms with E-state index in [-0.39, 0.29) is 24.5 Å².